The van der Waals surface area contributed by atoms with Crippen molar-refractivity contribution >= 4 is 28.3 Å². The highest BCUT2D eigenvalue weighted by atomic mass is 16.5. The summed E-state index contributed by atoms with van der Waals surface area (Å²) in [5.74, 6) is -0.432. The number of ether oxygens (including phenoxy) is 1. The van der Waals surface area contributed by atoms with Crippen LogP contribution in [0.4, 0.5) is 5.69 Å². The second kappa shape index (κ2) is 3.57. The summed E-state index contributed by atoms with van der Waals surface area (Å²) in [6.45, 7) is 0. The van der Waals surface area contributed by atoms with Gasteiger partial charge in [0, 0.05) is 18.0 Å². The summed E-state index contributed by atoms with van der Waals surface area (Å²) < 4.78 is 4.76. The quantitative estimate of drug-likeness (QED) is 0.719. The SMILES string of the molecule is COC(=O)c1ccc2c3c(cccc13)C(=O)N2C. The van der Waals surface area contributed by atoms with Gasteiger partial charge in [-0.25, -0.2) is 4.79 Å². The molecular formula is C14H11NO3. The molecule has 0 saturated heterocycles. The molecule has 1 aliphatic rings. The first-order valence-electron chi connectivity index (χ1n) is 5.57. The number of hydrogen-bond acceptors (Lipinski definition) is 3. The maximum Gasteiger partial charge on any atom is 0.338 e. The van der Waals surface area contributed by atoms with Crippen molar-refractivity contribution in [2.45, 2.75) is 0 Å². The Labute approximate surface area is 104 Å². The number of carbonyl (C=O) groups is 2. The molecular weight excluding hydrogens is 230 g/mol. The van der Waals surface area contributed by atoms with Crippen LogP contribution in [0.25, 0.3) is 10.8 Å². The fourth-order valence-corrected chi connectivity index (χ4v) is 2.42. The predicted molar refractivity (Wildman–Crippen MR) is 68.0 cm³/mol. The fourth-order valence-electron chi connectivity index (χ4n) is 2.42. The van der Waals surface area contributed by atoms with Crippen molar-refractivity contribution < 1.29 is 14.3 Å². The summed E-state index contributed by atoms with van der Waals surface area (Å²) in [5.41, 5.74) is 1.95. The lowest BCUT2D eigenvalue weighted by molar-refractivity contribution is 0.0603. The van der Waals surface area contributed by atoms with Crippen LogP contribution in [-0.2, 0) is 4.74 Å². The third-order valence-electron chi connectivity index (χ3n) is 3.32. The van der Waals surface area contributed by atoms with Gasteiger partial charge in [0.1, 0.15) is 0 Å². The van der Waals surface area contributed by atoms with E-state index in [1.165, 1.54) is 7.11 Å². The molecule has 2 aromatic rings. The molecule has 0 fully saturated rings. The molecule has 1 heterocycles. The molecule has 0 N–H and O–H groups in total. The minimum absolute atomic E-state index is 0.0439. The van der Waals surface area contributed by atoms with Gasteiger partial charge in [0.15, 0.2) is 0 Å². The standard InChI is InChI=1S/C14H11NO3/c1-15-11-7-6-9(14(17)18-2)8-4-3-5-10(12(8)11)13(15)16/h3-7H,1-2H3. The maximum atomic E-state index is 12.0. The molecule has 1 aliphatic heterocycles. The topological polar surface area (TPSA) is 46.6 Å². The largest absolute Gasteiger partial charge is 0.465 e. The van der Waals surface area contributed by atoms with Crippen LogP contribution in [0.2, 0.25) is 0 Å². The number of nitrogens with zero attached hydrogens (tertiary/aromatic N) is 1. The Morgan fingerprint density at radius 2 is 2.00 bits per heavy atom. The van der Waals surface area contributed by atoms with Crippen molar-refractivity contribution in [1.82, 2.24) is 0 Å². The number of hydrogen-bond donors (Lipinski definition) is 0. The summed E-state index contributed by atoms with van der Waals surface area (Å²) in [7, 11) is 3.08. The molecule has 0 bridgehead atoms. The summed E-state index contributed by atoms with van der Waals surface area (Å²) >= 11 is 0. The Hall–Kier alpha value is -2.36. The number of carbonyl (C=O) groups excluding carboxylic acids is 2. The van der Waals surface area contributed by atoms with Crippen LogP contribution < -0.4 is 4.90 Å². The molecule has 0 spiro atoms. The Bertz CT molecular complexity index is 691. The summed E-state index contributed by atoms with van der Waals surface area (Å²) in [4.78, 5) is 25.3. The van der Waals surface area contributed by atoms with Gasteiger partial charge >= 0.3 is 5.97 Å². The third-order valence-corrected chi connectivity index (χ3v) is 3.32. The molecule has 0 radical (unpaired) electrons. The second-order valence-corrected chi connectivity index (χ2v) is 4.22. The molecule has 2 aromatic carbocycles. The van der Waals surface area contributed by atoms with Gasteiger partial charge in [-0.15, -0.1) is 0 Å². The van der Waals surface area contributed by atoms with E-state index in [0.717, 1.165) is 16.5 Å². The van der Waals surface area contributed by atoms with Crippen LogP contribution >= 0.6 is 0 Å². The average molecular weight is 241 g/mol. The van der Waals surface area contributed by atoms with E-state index in [9.17, 15) is 9.59 Å². The Kier molecular flexibility index (Phi) is 2.13. The number of methoxy groups -OCH3 is 1. The van der Waals surface area contributed by atoms with Crippen molar-refractivity contribution in [1.29, 1.82) is 0 Å². The van der Waals surface area contributed by atoms with Crippen molar-refractivity contribution in [3.8, 4) is 0 Å². The number of esters is 1. The second-order valence-electron chi connectivity index (χ2n) is 4.22. The van der Waals surface area contributed by atoms with E-state index in [0.29, 0.717) is 11.1 Å². The zero-order valence-corrected chi connectivity index (χ0v) is 10.1. The molecule has 18 heavy (non-hydrogen) atoms. The smallest absolute Gasteiger partial charge is 0.338 e. The van der Waals surface area contributed by atoms with E-state index in [2.05, 4.69) is 0 Å². The summed E-state index contributed by atoms with van der Waals surface area (Å²) in [5, 5.41) is 1.59. The minimum Gasteiger partial charge on any atom is -0.465 e. The van der Waals surface area contributed by atoms with Crippen LogP contribution in [-0.4, -0.2) is 26.0 Å². The molecule has 0 saturated carbocycles. The van der Waals surface area contributed by atoms with Crippen molar-refractivity contribution in [2.75, 3.05) is 19.1 Å². The first-order chi connectivity index (χ1) is 8.65. The van der Waals surface area contributed by atoms with Gasteiger partial charge in [0.2, 0.25) is 0 Å². The first-order valence-corrected chi connectivity index (χ1v) is 5.57. The third kappa shape index (κ3) is 1.20. The molecule has 3 rings (SSSR count). The summed E-state index contributed by atoms with van der Waals surface area (Å²) in [6, 6.07) is 8.87. The average Bonchev–Trinajstić information content (AvgIpc) is 2.66. The molecule has 0 atom stereocenters. The highest BCUT2D eigenvalue weighted by Crippen LogP contribution is 2.38. The van der Waals surface area contributed by atoms with Crippen LogP contribution in [0.3, 0.4) is 0 Å². The Morgan fingerprint density at radius 3 is 2.72 bits per heavy atom. The van der Waals surface area contributed by atoms with Gasteiger partial charge in [-0.1, -0.05) is 12.1 Å². The van der Waals surface area contributed by atoms with Crippen LogP contribution in [0.1, 0.15) is 20.7 Å². The molecule has 4 heteroatoms. The van der Waals surface area contributed by atoms with Gasteiger partial charge in [-0.3, -0.25) is 4.79 Å². The lowest BCUT2D eigenvalue weighted by Gasteiger charge is -2.10. The minimum atomic E-state index is -0.388. The van der Waals surface area contributed by atoms with Crippen molar-refractivity contribution in [2.24, 2.45) is 0 Å². The molecule has 0 aliphatic carbocycles. The van der Waals surface area contributed by atoms with Gasteiger partial charge < -0.3 is 9.64 Å². The Balaban J connectivity index is 2.42. The zero-order valence-electron chi connectivity index (χ0n) is 10.1. The van der Waals surface area contributed by atoms with Gasteiger partial charge in [-0.2, -0.15) is 0 Å². The molecule has 90 valence electrons. The molecule has 0 aromatic heterocycles. The highest BCUT2D eigenvalue weighted by Gasteiger charge is 2.28. The fraction of sp³-hybridized carbons (Fsp3) is 0.143. The van der Waals surface area contributed by atoms with Crippen LogP contribution in [0.5, 0.6) is 0 Å². The lowest BCUT2D eigenvalue weighted by Crippen LogP contribution is -2.20. The first kappa shape index (κ1) is 10.8. The van der Waals surface area contributed by atoms with E-state index < -0.39 is 0 Å². The number of benzene rings is 2. The van der Waals surface area contributed by atoms with Crippen LogP contribution in [0.15, 0.2) is 30.3 Å². The molecule has 0 unspecified atom stereocenters. The number of amides is 1. The van der Waals surface area contributed by atoms with E-state index in [-0.39, 0.29) is 11.9 Å². The van der Waals surface area contributed by atoms with Crippen molar-refractivity contribution in [3.05, 3.63) is 41.5 Å². The number of anilines is 1. The highest BCUT2D eigenvalue weighted by molar-refractivity contribution is 6.26. The Morgan fingerprint density at radius 1 is 1.22 bits per heavy atom. The monoisotopic (exact) mass is 241 g/mol. The predicted octanol–water partition coefficient (Wildman–Crippen LogP) is 2.22. The number of rotatable bonds is 1. The van der Waals surface area contributed by atoms with Gasteiger partial charge in [0.05, 0.1) is 18.4 Å². The van der Waals surface area contributed by atoms with Gasteiger partial charge in [0.25, 0.3) is 5.91 Å². The van der Waals surface area contributed by atoms with E-state index in [4.69, 9.17) is 4.74 Å². The van der Waals surface area contributed by atoms with E-state index >= 15 is 0 Å². The zero-order chi connectivity index (χ0) is 12.9. The molecule has 4 nitrogen and oxygen atoms in total. The lowest BCUT2D eigenvalue weighted by atomic mass is 10.0. The van der Waals surface area contributed by atoms with E-state index in [1.54, 1.807) is 36.2 Å². The maximum absolute atomic E-state index is 12.0. The van der Waals surface area contributed by atoms with E-state index in [1.807, 2.05) is 6.07 Å². The molecule has 1 amide bonds. The van der Waals surface area contributed by atoms with Gasteiger partial charge in [-0.05, 0) is 23.6 Å². The van der Waals surface area contributed by atoms with Crippen LogP contribution in [0, 0.1) is 0 Å². The normalized spacial score (nSPS) is 13.2. The van der Waals surface area contributed by atoms with Crippen molar-refractivity contribution in [3.63, 3.8) is 0 Å². The summed E-state index contributed by atoms with van der Waals surface area (Å²) in [6.07, 6.45) is 0.